The number of amides is 1. The van der Waals surface area contributed by atoms with Crippen LogP contribution in [0.2, 0.25) is 0 Å². The summed E-state index contributed by atoms with van der Waals surface area (Å²) in [4.78, 5) is 27.2. The number of benzene rings is 2. The molecule has 1 aliphatic heterocycles. The number of pyridine rings is 1. The molecule has 3 heterocycles. The van der Waals surface area contributed by atoms with Gasteiger partial charge in [-0.15, -0.1) is 0 Å². The maximum atomic E-state index is 11.3. The molecule has 0 bridgehead atoms. The number of nitrogens with two attached hydrogens (primary N) is 1. The predicted octanol–water partition coefficient (Wildman–Crippen LogP) is 3.42. The Labute approximate surface area is 184 Å². The van der Waals surface area contributed by atoms with Crippen molar-refractivity contribution in [3.63, 3.8) is 0 Å². The Morgan fingerprint density at radius 3 is 2.41 bits per heavy atom. The Morgan fingerprint density at radius 2 is 1.69 bits per heavy atom. The van der Waals surface area contributed by atoms with Crippen LogP contribution in [0.4, 0.5) is 5.69 Å². The Morgan fingerprint density at radius 1 is 0.969 bits per heavy atom. The number of carbonyl (C=O) groups excluding carboxylic acids is 1. The van der Waals surface area contributed by atoms with Gasteiger partial charge in [0.2, 0.25) is 11.8 Å². The smallest absolute Gasteiger partial charge is 0.248 e. The number of rotatable bonds is 5. The zero-order valence-corrected chi connectivity index (χ0v) is 17.3. The van der Waals surface area contributed by atoms with Crippen LogP contribution >= 0.6 is 0 Å². The molecule has 2 aromatic heterocycles. The lowest BCUT2D eigenvalue weighted by Gasteiger charge is -2.28. The molecular formula is C24H21N5O3. The fourth-order valence-corrected chi connectivity index (χ4v) is 3.63. The molecular weight excluding hydrogens is 406 g/mol. The first-order valence-electron chi connectivity index (χ1n) is 10.3. The van der Waals surface area contributed by atoms with Gasteiger partial charge in [0, 0.05) is 42.3 Å². The normalized spacial score (nSPS) is 13.8. The molecule has 0 saturated carbocycles. The monoisotopic (exact) mass is 427 g/mol. The maximum absolute atomic E-state index is 11.3. The van der Waals surface area contributed by atoms with Gasteiger partial charge in [-0.3, -0.25) is 9.78 Å². The number of fused-ring (bicyclic) bond motifs is 1. The summed E-state index contributed by atoms with van der Waals surface area (Å²) in [5, 5.41) is 0. The molecule has 0 unspecified atom stereocenters. The summed E-state index contributed by atoms with van der Waals surface area (Å²) in [5.41, 5.74) is 9.79. The summed E-state index contributed by atoms with van der Waals surface area (Å²) in [5.74, 6) is 0.373. The van der Waals surface area contributed by atoms with E-state index < -0.39 is 5.91 Å². The molecule has 1 amide bonds. The van der Waals surface area contributed by atoms with E-state index in [1.807, 2.05) is 18.2 Å². The first-order chi connectivity index (χ1) is 15.7. The van der Waals surface area contributed by atoms with Crippen molar-refractivity contribution in [2.24, 2.45) is 5.73 Å². The molecule has 5 rings (SSSR count). The average molecular weight is 427 g/mol. The summed E-state index contributed by atoms with van der Waals surface area (Å²) in [7, 11) is 0. The Balaban J connectivity index is 1.48. The van der Waals surface area contributed by atoms with Crippen LogP contribution in [0.15, 0.2) is 67.0 Å². The van der Waals surface area contributed by atoms with E-state index in [1.54, 1.807) is 36.7 Å². The molecule has 0 radical (unpaired) electrons. The van der Waals surface area contributed by atoms with Gasteiger partial charge in [0.1, 0.15) is 5.75 Å². The molecule has 0 atom stereocenters. The lowest BCUT2D eigenvalue weighted by atomic mass is 10.1. The lowest BCUT2D eigenvalue weighted by molar-refractivity contribution is 0.1000. The highest BCUT2D eigenvalue weighted by Crippen LogP contribution is 2.31. The number of carbonyl (C=O) groups is 1. The molecule has 160 valence electrons. The number of anilines is 1. The number of primary amides is 1. The molecule has 1 aliphatic rings. The standard InChI is InChI=1S/C24H21N5O3/c25-23(30)17-3-7-19(8-4-17)32-24-22-21(26-9-10-27-22)15-20(28-24)16-1-5-18(6-2-16)29-11-13-31-14-12-29/h1-10,15H,11-14H2,(H2,25,30). The Bertz CT molecular complexity index is 1250. The summed E-state index contributed by atoms with van der Waals surface area (Å²) in [6.45, 7) is 3.26. The zero-order chi connectivity index (χ0) is 21.9. The summed E-state index contributed by atoms with van der Waals surface area (Å²) in [6.07, 6.45) is 3.24. The highest BCUT2D eigenvalue weighted by molar-refractivity contribution is 5.92. The highest BCUT2D eigenvalue weighted by atomic mass is 16.5. The van der Waals surface area contributed by atoms with Gasteiger partial charge in [0.15, 0.2) is 5.52 Å². The van der Waals surface area contributed by atoms with E-state index in [1.165, 1.54) is 0 Å². The third-order valence-corrected chi connectivity index (χ3v) is 5.32. The van der Waals surface area contributed by atoms with Crippen LogP contribution in [-0.4, -0.2) is 47.2 Å². The Hall–Kier alpha value is -4.04. The van der Waals surface area contributed by atoms with Crippen molar-refractivity contribution >= 4 is 22.6 Å². The molecule has 1 fully saturated rings. The van der Waals surface area contributed by atoms with Crippen molar-refractivity contribution in [2.45, 2.75) is 0 Å². The van der Waals surface area contributed by atoms with E-state index in [4.69, 9.17) is 20.2 Å². The van der Waals surface area contributed by atoms with E-state index in [-0.39, 0.29) is 0 Å². The molecule has 8 nitrogen and oxygen atoms in total. The summed E-state index contributed by atoms with van der Waals surface area (Å²) < 4.78 is 11.5. The topological polar surface area (TPSA) is 103 Å². The predicted molar refractivity (Wildman–Crippen MR) is 121 cm³/mol. The van der Waals surface area contributed by atoms with Gasteiger partial charge >= 0.3 is 0 Å². The minimum absolute atomic E-state index is 0.342. The second-order valence-electron chi connectivity index (χ2n) is 7.37. The van der Waals surface area contributed by atoms with Gasteiger partial charge in [-0.1, -0.05) is 12.1 Å². The molecule has 4 aromatic rings. The molecule has 8 heteroatoms. The van der Waals surface area contributed by atoms with Crippen molar-refractivity contribution in [1.82, 2.24) is 15.0 Å². The van der Waals surface area contributed by atoms with Gasteiger partial charge in [-0.25, -0.2) is 9.97 Å². The SMILES string of the molecule is NC(=O)c1ccc(Oc2nc(-c3ccc(N4CCOCC4)cc3)cc3nccnc23)cc1. The van der Waals surface area contributed by atoms with Gasteiger partial charge in [-0.2, -0.15) is 0 Å². The average Bonchev–Trinajstić information content (AvgIpc) is 2.85. The minimum atomic E-state index is -0.492. The second-order valence-corrected chi connectivity index (χ2v) is 7.37. The van der Waals surface area contributed by atoms with Gasteiger partial charge in [0.25, 0.3) is 0 Å². The summed E-state index contributed by atoms with van der Waals surface area (Å²) in [6, 6.07) is 16.7. The van der Waals surface area contributed by atoms with Gasteiger partial charge in [-0.05, 0) is 42.5 Å². The van der Waals surface area contributed by atoms with Crippen LogP contribution in [0.1, 0.15) is 10.4 Å². The fraction of sp³-hybridized carbons (Fsp3) is 0.167. The zero-order valence-electron chi connectivity index (χ0n) is 17.3. The van der Waals surface area contributed by atoms with E-state index in [2.05, 4.69) is 27.0 Å². The van der Waals surface area contributed by atoms with Crippen molar-refractivity contribution in [3.8, 4) is 22.9 Å². The van der Waals surface area contributed by atoms with E-state index in [0.29, 0.717) is 28.2 Å². The van der Waals surface area contributed by atoms with Crippen molar-refractivity contribution in [2.75, 3.05) is 31.2 Å². The molecule has 0 aliphatic carbocycles. The van der Waals surface area contributed by atoms with Crippen LogP contribution in [0.25, 0.3) is 22.3 Å². The molecule has 1 saturated heterocycles. The minimum Gasteiger partial charge on any atom is -0.437 e. The Kier molecular flexibility index (Phi) is 5.35. The lowest BCUT2D eigenvalue weighted by Crippen LogP contribution is -2.36. The van der Waals surface area contributed by atoms with E-state index >= 15 is 0 Å². The summed E-state index contributed by atoms with van der Waals surface area (Å²) >= 11 is 0. The van der Waals surface area contributed by atoms with E-state index in [9.17, 15) is 4.79 Å². The van der Waals surface area contributed by atoms with Crippen molar-refractivity contribution in [3.05, 3.63) is 72.6 Å². The molecule has 2 aromatic carbocycles. The number of hydrogen-bond acceptors (Lipinski definition) is 7. The van der Waals surface area contributed by atoms with E-state index in [0.717, 1.165) is 43.2 Å². The van der Waals surface area contributed by atoms with Gasteiger partial charge < -0.3 is 20.1 Å². The van der Waals surface area contributed by atoms with Crippen LogP contribution in [0.5, 0.6) is 11.6 Å². The van der Waals surface area contributed by atoms with Crippen LogP contribution < -0.4 is 15.4 Å². The second kappa shape index (κ2) is 8.60. The fourth-order valence-electron chi connectivity index (χ4n) is 3.63. The van der Waals surface area contributed by atoms with Crippen molar-refractivity contribution < 1.29 is 14.3 Å². The van der Waals surface area contributed by atoms with Crippen LogP contribution in [-0.2, 0) is 4.74 Å². The number of nitrogens with zero attached hydrogens (tertiary/aromatic N) is 4. The molecule has 32 heavy (non-hydrogen) atoms. The maximum Gasteiger partial charge on any atom is 0.248 e. The number of ether oxygens (including phenoxy) is 2. The third-order valence-electron chi connectivity index (χ3n) is 5.32. The number of aromatic nitrogens is 3. The van der Waals surface area contributed by atoms with Gasteiger partial charge in [0.05, 0.1) is 24.4 Å². The largest absolute Gasteiger partial charge is 0.437 e. The third kappa shape index (κ3) is 4.08. The highest BCUT2D eigenvalue weighted by Gasteiger charge is 2.14. The quantitative estimate of drug-likeness (QED) is 0.520. The van der Waals surface area contributed by atoms with Crippen molar-refractivity contribution in [1.29, 1.82) is 0 Å². The first-order valence-corrected chi connectivity index (χ1v) is 10.3. The number of hydrogen-bond donors (Lipinski definition) is 1. The molecule has 2 N–H and O–H groups in total. The first kappa shape index (κ1) is 19.9. The number of morpholine rings is 1. The van der Waals surface area contributed by atoms with Crippen LogP contribution in [0.3, 0.4) is 0 Å². The molecule has 0 spiro atoms. The van der Waals surface area contributed by atoms with Crippen LogP contribution in [0, 0.1) is 0 Å².